The lowest BCUT2D eigenvalue weighted by atomic mass is 9.84. The zero-order chi connectivity index (χ0) is 13.3. The Morgan fingerprint density at radius 1 is 1.39 bits per heavy atom. The van der Waals surface area contributed by atoms with E-state index in [0.29, 0.717) is 11.8 Å². The molecular weight excluding hydrogens is 240 g/mol. The van der Waals surface area contributed by atoms with Crippen LogP contribution in [0.4, 0.5) is 0 Å². The third-order valence-electron chi connectivity index (χ3n) is 4.08. The number of nitrogens with one attached hydrogen (secondary N) is 1. The maximum Gasteiger partial charge on any atom is 0.113 e. The summed E-state index contributed by atoms with van der Waals surface area (Å²) in [5.41, 5.74) is 1.32. The van der Waals surface area contributed by atoms with Crippen LogP contribution in [0.1, 0.15) is 70.5 Å². The number of thiazole rings is 1. The van der Waals surface area contributed by atoms with Crippen molar-refractivity contribution < 1.29 is 0 Å². The highest BCUT2D eigenvalue weighted by atomic mass is 32.1. The maximum atomic E-state index is 4.91. The summed E-state index contributed by atoms with van der Waals surface area (Å²) in [6.45, 7) is 11.3. The minimum atomic E-state index is 0.0823. The Morgan fingerprint density at radius 3 is 2.44 bits per heavy atom. The number of hydrogen-bond donors (Lipinski definition) is 1. The molecule has 0 aliphatic heterocycles. The highest BCUT2D eigenvalue weighted by molar-refractivity contribution is 7.09. The molecule has 3 heteroatoms. The topological polar surface area (TPSA) is 24.9 Å². The minimum absolute atomic E-state index is 0.0823. The monoisotopic (exact) mass is 266 g/mol. The number of rotatable bonds is 6. The predicted molar refractivity (Wildman–Crippen MR) is 79.2 cm³/mol. The van der Waals surface area contributed by atoms with Gasteiger partial charge in [-0.05, 0) is 31.1 Å². The summed E-state index contributed by atoms with van der Waals surface area (Å²) in [7, 11) is 0. The first-order valence-corrected chi connectivity index (χ1v) is 8.11. The van der Waals surface area contributed by atoms with Crippen molar-refractivity contribution in [3.8, 4) is 0 Å². The van der Waals surface area contributed by atoms with E-state index in [0.717, 1.165) is 12.5 Å². The van der Waals surface area contributed by atoms with Crippen molar-refractivity contribution in [2.45, 2.75) is 71.4 Å². The molecule has 0 radical (unpaired) electrons. The van der Waals surface area contributed by atoms with Gasteiger partial charge in [-0.3, -0.25) is 0 Å². The molecule has 1 unspecified atom stereocenters. The number of aromatic nitrogens is 1. The van der Waals surface area contributed by atoms with E-state index in [9.17, 15) is 0 Å². The van der Waals surface area contributed by atoms with Crippen LogP contribution in [0.5, 0.6) is 0 Å². The zero-order valence-electron chi connectivity index (χ0n) is 12.3. The smallest absolute Gasteiger partial charge is 0.113 e. The van der Waals surface area contributed by atoms with Crippen LogP contribution in [0.3, 0.4) is 0 Å². The van der Waals surface area contributed by atoms with Gasteiger partial charge in [0.15, 0.2) is 0 Å². The van der Waals surface area contributed by atoms with E-state index in [1.807, 2.05) is 11.3 Å². The van der Waals surface area contributed by atoms with Crippen LogP contribution in [0.2, 0.25) is 0 Å². The van der Waals surface area contributed by atoms with Gasteiger partial charge in [0, 0.05) is 11.4 Å². The van der Waals surface area contributed by atoms with E-state index in [1.54, 1.807) is 0 Å². The second-order valence-electron chi connectivity index (χ2n) is 6.13. The Kier molecular flexibility index (Phi) is 4.12. The summed E-state index contributed by atoms with van der Waals surface area (Å²) < 4.78 is 0. The highest BCUT2D eigenvalue weighted by Crippen LogP contribution is 2.39. The average molecular weight is 266 g/mol. The van der Waals surface area contributed by atoms with E-state index in [2.05, 4.69) is 45.3 Å². The lowest BCUT2D eigenvalue weighted by Crippen LogP contribution is -2.47. The minimum Gasteiger partial charge on any atom is -0.302 e. The van der Waals surface area contributed by atoms with Crippen molar-refractivity contribution in [3.63, 3.8) is 0 Å². The fourth-order valence-electron chi connectivity index (χ4n) is 2.49. The van der Waals surface area contributed by atoms with Crippen LogP contribution in [0.25, 0.3) is 0 Å². The van der Waals surface area contributed by atoms with Gasteiger partial charge in [-0.2, -0.15) is 0 Å². The van der Waals surface area contributed by atoms with Gasteiger partial charge in [-0.15, -0.1) is 11.3 Å². The summed E-state index contributed by atoms with van der Waals surface area (Å²) in [5.74, 6) is 1.10. The lowest BCUT2D eigenvalue weighted by molar-refractivity contribution is 0.224. The van der Waals surface area contributed by atoms with E-state index in [4.69, 9.17) is 4.98 Å². The molecule has 2 nitrogen and oxygen atoms in total. The molecule has 102 valence electrons. The molecule has 1 aliphatic carbocycles. The Hall–Kier alpha value is -0.410. The quantitative estimate of drug-likeness (QED) is 0.831. The average Bonchev–Trinajstić information content (AvgIpc) is 2.98. The molecule has 1 N–H and O–H groups in total. The molecule has 1 saturated carbocycles. The van der Waals surface area contributed by atoms with Crippen LogP contribution in [0.15, 0.2) is 5.38 Å². The van der Waals surface area contributed by atoms with Crippen LogP contribution >= 0.6 is 11.3 Å². The molecule has 0 spiro atoms. The fourth-order valence-corrected chi connectivity index (χ4v) is 3.85. The summed E-state index contributed by atoms with van der Waals surface area (Å²) in [4.78, 5) is 4.91. The van der Waals surface area contributed by atoms with E-state index < -0.39 is 0 Å². The molecule has 0 aromatic carbocycles. The first-order chi connectivity index (χ1) is 8.49. The molecule has 0 saturated heterocycles. The van der Waals surface area contributed by atoms with Gasteiger partial charge >= 0.3 is 0 Å². The molecule has 1 heterocycles. The van der Waals surface area contributed by atoms with Crippen molar-refractivity contribution in [2.24, 2.45) is 5.92 Å². The Morgan fingerprint density at radius 2 is 2.06 bits per heavy atom. The third-order valence-corrected chi connectivity index (χ3v) is 5.12. The molecule has 0 bridgehead atoms. The first kappa shape index (κ1) is 14.0. The van der Waals surface area contributed by atoms with Crippen molar-refractivity contribution in [1.82, 2.24) is 10.3 Å². The fraction of sp³-hybridized carbons (Fsp3) is 0.800. The van der Waals surface area contributed by atoms with Crippen molar-refractivity contribution in [2.75, 3.05) is 0 Å². The maximum absolute atomic E-state index is 4.91. The van der Waals surface area contributed by atoms with Crippen molar-refractivity contribution in [3.05, 3.63) is 16.1 Å². The van der Waals surface area contributed by atoms with Gasteiger partial charge < -0.3 is 5.32 Å². The molecule has 2 rings (SSSR count). The van der Waals surface area contributed by atoms with Crippen LogP contribution < -0.4 is 5.32 Å². The van der Waals surface area contributed by atoms with Crippen LogP contribution in [-0.2, 0) is 5.54 Å². The second-order valence-corrected chi connectivity index (χ2v) is 6.99. The molecule has 18 heavy (non-hydrogen) atoms. The van der Waals surface area contributed by atoms with Gasteiger partial charge in [0.25, 0.3) is 0 Å². The normalized spacial score (nSPS) is 19.5. The third kappa shape index (κ3) is 2.62. The largest absolute Gasteiger partial charge is 0.302 e. The Labute approximate surface area is 115 Å². The lowest BCUT2D eigenvalue weighted by Gasteiger charge is -2.36. The summed E-state index contributed by atoms with van der Waals surface area (Å²) in [6.07, 6.45) is 3.78. The molecule has 1 atom stereocenters. The van der Waals surface area contributed by atoms with Crippen LogP contribution in [0, 0.1) is 5.92 Å². The van der Waals surface area contributed by atoms with E-state index in [-0.39, 0.29) is 5.54 Å². The van der Waals surface area contributed by atoms with Gasteiger partial charge in [0.2, 0.25) is 0 Å². The summed E-state index contributed by atoms with van der Waals surface area (Å²) in [6, 6.07) is 0.721. The molecular formula is C15H26N2S. The summed E-state index contributed by atoms with van der Waals surface area (Å²) in [5, 5.41) is 7.40. The van der Waals surface area contributed by atoms with Gasteiger partial charge in [0.05, 0.1) is 11.2 Å². The standard InChI is InChI=1S/C15H26N2S/c1-6-15(11(4)5,17-12-7-8-12)14-16-13(9-18-14)10(2)3/h9-12,17H,6-8H2,1-5H3. The molecule has 1 fully saturated rings. The van der Waals surface area contributed by atoms with Gasteiger partial charge in [-0.1, -0.05) is 34.6 Å². The molecule has 1 aromatic rings. The molecule has 1 aliphatic rings. The van der Waals surface area contributed by atoms with Crippen LogP contribution in [-0.4, -0.2) is 11.0 Å². The zero-order valence-corrected chi connectivity index (χ0v) is 13.1. The second kappa shape index (κ2) is 5.30. The Bertz CT molecular complexity index is 393. The molecule has 1 aromatic heterocycles. The SMILES string of the molecule is CCC(NC1CC1)(c1nc(C(C)C)cs1)C(C)C. The molecule has 0 amide bonds. The van der Waals surface area contributed by atoms with Crippen molar-refractivity contribution in [1.29, 1.82) is 0 Å². The highest BCUT2D eigenvalue weighted by Gasteiger charge is 2.41. The van der Waals surface area contributed by atoms with Gasteiger partial charge in [0.1, 0.15) is 5.01 Å². The number of hydrogen-bond acceptors (Lipinski definition) is 3. The van der Waals surface area contributed by atoms with Gasteiger partial charge in [-0.25, -0.2) is 4.98 Å². The van der Waals surface area contributed by atoms with E-state index in [1.165, 1.54) is 23.5 Å². The first-order valence-electron chi connectivity index (χ1n) is 7.23. The van der Waals surface area contributed by atoms with E-state index >= 15 is 0 Å². The number of nitrogens with zero attached hydrogens (tertiary/aromatic N) is 1. The predicted octanol–water partition coefficient (Wildman–Crippen LogP) is 4.28. The van der Waals surface area contributed by atoms with Crippen molar-refractivity contribution >= 4 is 11.3 Å². The Balaban J connectivity index is 2.30. The summed E-state index contributed by atoms with van der Waals surface area (Å²) >= 11 is 1.83.